The summed E-state index contributed by atoms with van der Waals surface area (Å²) in [4.78, 5) is 42.0. The largest absolute Gasteiger partial charge is 0.481 e. The molecule has 0 aliphatic carbocycles. The van der Waals surface area contributed by atoms with Crippen LogP contribution in [-0.2, 0) is 19.2 Å². The van der Waals surface area contributed by atoms with Crippen LogP contribution in [0, 0.1) is 11.8 Å². The molecule has 2 atom stereocenters. The van der Waals surface area contributed by atoms with Gasteiger partial charge in [0.05, 0.1) is 24.7 Å². The van der Waals surface area contributed by atoms with Gasteiger partial charge in [0.15, 0.2) is 0 Å². The van der Waals surface area contributed by atoms with Crippen molar-refractivity contribution in [3.63, 3.8) is 0 Å². The van der Waals surface area contributed by atoms with Gasteiger partial charge in [-0.1, -0.05) is 77.4 Å². The normalized spacial score (nSPS) is 12.6. The fourth-order valence-corrected chi connectivity index (χ4v) is 3.05. The topological polar surface area (TPSA) is 149 Å². The van der Waals surface area contributed by atoms with E-state index in [1.54, 1.807) is 6.08 Å². The van der Waals surface area contributed by atoms with Crippen LogP contribution in [0.3, 0.4) is 0 Å². The molecule has 186 valence electrons. The number of hydrogen-bond acceptors (Lipinski definition) is 4. The summed E-state index contributed by atoms with van der Waals surface area (Å²) in [5, 5.41) is 34.4. The lowest BCUT2D eigenvalue weighted by atomic mass is 9.99. The van der Waals surface area contributed by atoms with Gasteiger partial charge in [-0.15, -0.1) is 0 Å². The smallest absolute Gasteiger partial charge is 0.307 e. The van der Waals surface area contributed by atoms with Crippen molar-refractivity contribution in [2.24, 2.45) is 11.8 Å². The van der Waals surface area contributed by atoms with Crippen LogP contribution in [0.2, 0.25) is 0 Å². The molecule has 4 N–H and O–H groups in total. The Morgan fingerprint density at radius 3 is 1.56 bits per heavy atom. The van der Waals surface area contributed by atoms with E-state index in [-0.39, 0.29) is 12.8 Å². The summed E-state index contributed by atoms with van der Waals surface area (Å²) >= 11 is 0. The maximum Gasteiger partial charge on any atom is 0.307 e. The Kier molecular flexibility index (Phi) is 21.7. The first-order chi connectivity index (χ1) is 15.1. The molecule has 0 amide bonds. The van der Waals surface area contributed by atoms with Crippen LogP contribution in [0.5, 0.6) is 0 Å². The highest BCUT2D eigenvalue weighted by Crippen LogP contribution is 2.13. The maximum absolute atomic E-state index is 10.8. The molecule has 0 saturated heterocycles. The minimum Gasteiger partial charge on any atom is -0.481 e. The van der Waals surface area contributed by atoms with Gasteiger partial charge in [-0.3, -0.25) is 19.2 Å². The first kappa shape index (κ1) is 31.8. The number of carboxylic acid groups (broad SMARTS) is 4. The Bertz CT molecular complexity index is 556. The van der Waals surface area contributed by atoms with E-state index in [0.29, 0.717) is 12.8 Å². The van der Waals surface area contributed by atoms with E-state index in [1.807, 2.05) is 13.0 Å². The molecular formula is C24H42O8. The third kappa shape index (κ3) is 22.3. The van der Waals surface area contributed by atoms with Crippen LogP contribution in [0.4, 0.5) is 0 Å². The molecule has 0 spiro atoms. The summed E-state index contributed by atoms with van der Waals surface area (Å²) < 4.78 is 0. The molecule has 32 heavy (non-hydrogen) atoms. The monoisotopic (exact) mass is 458 g/mol. The highest BCUT2D eigenvalue weighted by atomic mass is 16.4. The summed E-state index contributed by atoms with van der Waals surface area (Å²) in [7, 11) is 0. The lowest BCUT2D eigenvalue weighted by Crippen LogP contribution is -2.17. The van der Waals surface area contributed by atoms with E-state index in [9.17, 15) is 19.2 Å². The summed E-state index contributed by atoms with van der Waals surface area (Å²) in [5.74, 6) is -5.67. The van der Waals surface area contributed by atoms with Gasteiger partial charge in [-0.25, -0.2) is 0 Å². The average molecular weight is 459 g/mol. The third-order valence-electron chi connectivity index (χ3n) is 5.01. The molecule has 0 fully saturated rings. The van der Waals surface area contributed by atoms with E-state index in [0.717, 1.165) is 25.7 Å². The second-order valence-electron chi connectivity index (χ2n) is 8.03. The predicted octanol–water partition coefficient (Wildman–Crippen LogP) is 5.60. The standard InChI is InChI=1S/C16H28O4.C8H14O4/c1-2-3-4-5-6-7-8-9-10-11-12-14(16(19)20)13-15(17)18;1-2-3-4-6(8(11)12)5-7(9)10/h10-11,14H,2-9,12-13H2,1H3,(H,17,18)(H,19,20);6H,2-5H2,1H3,(H,9,10)(H,11,12)/b11-10+;. The SMILES string of the molecule is CCCCC(CC(=O)O)C(=O)O.CCCCCCCCC/C=C/CC(CC(=O)O)C(=O)O. The zero-order valence-corrected chi connectivity index (χ0v) is 19.6. The zero-order valence-electron chi connectivity index (χ0n) is 19.6. The fraction of sp³-hybridized carbons (Fsp3) is 0.750. The molecule has 0 heterocycles. The lowest BCUT2D eigenvalue weighted by molar-refractivity contribution is -0.148. The number of unbranched alkanes of at least 4 members (excludes halogenated alkanes) is 8. The zero-order chi connectivity index (χ0) is 24.8. The van der Waals surface area contributed by atoms with Gasteiger partial charge in [0.25, 0.3) is 0 Å². The minimum absolute atomic E-state index is 0.269. The molecule has 8 nitrogen and oxygen atoms in total. The second-order valence-corrected chi connectivity index (χ2v) is 8.03. The van der Waals surface area contributed by atoms with Crippen LogP contribution in [0.15, 0.2) is 12.2 Å². The van der Waals surface area contributed by atoms with Crippen molar-refractivity contribution in [3.05, 3.63) is 12.2 Å². The Labute approximate surface area is 191 Å². The molecule has 0 aromatic rings. The predicted molar refractivity (Wildman–Crippen MR) is 123 cm³/mol. The van der Waals surface area contributed by atoms with Crippen LogP contribution in [0.1, 0.15) is 104 Å². The number of rotatable bonds is 19. The Morgan fingerprint density at radius 1 is 0.625 bits per heavy atom. The molecule has 0 rings (SSSR count). The molecule has 0 radical (unpaired) electrons. The van der Waals surface area contributed by atoms with Gasteiger partial charge < -0.3 is 20.4 Å². The van der Waals surface area contributed by atoms with E-state index in [4.69, 9.17) is 20.4 Å². The molecule has 0 aliphatic rings. The van der Waals surface area contributed by atoms with Crippen molar-refractivity contribution in [1.29, 1.82) is 0 Å². The highest BCUT2D eigenvalue weighted by molar-refractivity contribution is 5.78. The number of carbonyl (C=O) groups is 4. The van der Waals surface area contributed by atoms with Gasteiger partial charge >= 0.3 is 23.9 Å². The summed E-state index contributed by atoms with van der Waals surface area (Å²) in [6.45, 7) is 4.15. The fourth-order valence-electron chi connectivity index (χ4n) is 3.05. The van der Waals surface area contributed by atoms with Crippen molar-refractivity contribution in [3.8, 4) is 0 Å². The number of allylic oxidation sites excluding steroid dienone is 2. The quantitative estimate of drug-likeness (QED) is 0.144. The summed E-state index contributed by atoms with van der Waals surface area (Å²) in [6.07, 6.45) is 15.4. The van der Waals surface area contributed by atoms with E-state index < -0.39 is 35.7 Å². The van der Waals surface area contributed by atoms with Gasteiger partial charge in [-0.05, 0) is 25.7 Å². The molecule has 0 bridgehead atoms. The average Bonchev–Trinajstić information content (AvgIpc) is 2.71. The summed E-state index contributed by atoms with van der Waals surface area (Å²) in [6, 6.07) is 0. The van der Waals surface area contributed by atoms with Crippen LogP contribution < -0.4 is 0 Å². The third-order valence-corrected chi connectivity index (χ3v) is 5.01. The molecule has 2 unspecified atom stereocenters. The van der Waals surface area contributed by atoms with Crippen molar-refractivity contribution in [1.82, 2.24) is 0 Å². The van der Waals surface area contributed by atoms with Gasteiger partial charge in [0, 0.05) is 0 Å². The second kappa shape index (κ2) is 21.8. The maximum atomic E-state index is 10.8. The van der Waals surface area contributed by atoms with Crippen molar-refractivity contribution in [2.45, 2.75) is 104 Å². The van der Waals surface area contributed by atoms with Crippen LogP contribution >= 0.6 is 0 Å². The molecular weight excluding hydrogens is 416 g/mol. The van der Waals surface area contributed by atoms with Gasteiger partial charge in [0.2, 0.25) is 0 Å². The minimum atomic E-state index is -1.06. The van der Waals surface area contributed by atoms with Crippen molar-refractivity contribution < 1.29 is 39.6 Å². The first-order valence-electron chi connectivity index (χ1n) is 11.7. The van der Waals surface area contributed by atoms with Gasteiger partial charge in [-0.2, -0.15) is 0 Å². The van der Waals surface area contributed by atoms with Crippen LogP contribution in [-0.4, -0.2) is 44.3 Å². The van der Waals surface area contributed by atoms with Crippen molar-refractivity contribution >= 4 is 23.9 Å². The number of aliphatic carboxylic acids is 4. The Hall–Kier alpha value is -2.38. The molecule has 0 aliphatic heterocycles. The number of carboxylic acids is 4. The molecule has 8 heteroatoms. The lowest BCUT2D eigenvalue weighted by Gasteiger charge is -2.07. The van der Waals surface area contributed by atoms with E-state index >= 15 is 0 Å². The number of hydrogen-bond donors (Lipinski definition) is 4. The molecule has 0 aromatic heterocycles. The summed E-state index contributed by atoms with van der Waals surface area (Å²) in [5.41, 5.74) is 0. The van der Waals surface area contributed by atoms with Gasteiger partial charge in [0.1, 0.15) is 0 Å². The van der Waals surface area contributed by atoms with Crippen molar-refractivity contribution in [2.75, 3.05) is 0 Å². The molecule has 0 saturated carbocycles. The first-order valence-corrected chi connectivity index (χ1v) is 11.7. The van der Waals surface area contributed by atoms with E-state index in [2.05, 4.69) is 6.92 Å². The van der Waals surface area contributed by atoms with E-state index in [1.165, 1.54) is 38.5 Å². The molecule has 0 aromatic carbocycles. The Balaban J connectivity index is 0. The highest BCUT2D eigenvalue weighted by Gasteiger charge is 2.20. The van der Waals surface area contributed by atoms with Crippen LogP contribution in [0.25, 0.3) is 0 Å². The Morgan fingerprint density at radius 2 is 1.09 bits per heavy atom.